The van der Waals surface area contributed by atoms with E-state index in [-0.39, 0.29) is 6.54 Å². The van der Waals surface area contributed by atoms with Crippen molar-refractivity contribution >= 4 is 33.4 Å². The van der Waals surface area contributed by atoms with E-state index in [4.69, 9.17) is 11.6 Å². The van der Waals surface area contributed by atoms with Crippen molar-refractivity contribution < 1.29 is 13.6 Å². The molecule has 2 aromatic carbocycles. The van der Waals surface area contributed by atoms with Crippen LogP contribution in [0.15, 0.2) is 40.9 Å². The predicted octanol–water partition coefficient (Wildman–Crippen LogP) is 4.31. The van der Waals surface area contributed by atoms with Gasteiger partial charge < -0.3 is 5.32 Å². The van der Waals surface area contributed by atoms with Gasteiger partial charge in [-0.3, -0.25) is 4.79 Å². The number of nitrogens with one attached hydrogen (secondary N) is 1. The van der Waals surface area contributed by atoms with Gasteiger partial charge in [-0.15, -0.1) is 0 Å². The molecular weight excluding hydrogens is 352 g/mol. The maximum Gasteiger partial charge on any atom is 0.256 e. The normalized spacial score (nSPS) is 10.4. The highest BCUT2D eigenvalue weighted by atomic mass is 79.9. The summed E-state index contributed by atoms with van der Waals surface area (Å²) in [5.74, 6) is -2.44. The van der Waals surface area contributed by atoms with Crippen LogP contribution in [0.3, 0.4) is 0 Å². The maximum atomic E-state index is 13.5. The Bertz CT molecular complexity index is 646. The molecule has 2 nitrogen and oxygen atoms in total. The van der Waals surface area contributed by atoms with Gasteiger partial charge in [0.1, 0.15) is 11.6 Å². The third-order valence-corrected chi connectivity index (χ3v) is 3.54. The average Bonchev–Trinajstić information content (AvgIpc) is 2.43. The minimum atomic E-state index is -0.857. The second-order valence-electron chi connectivity index (χ2n) is 4.03. The number of rotatable bonds is 3. The molecule has 0 atom stereocenters. The van der Waals surface area contributed by atoms with Gasteiger partial charge in [-0.25, -0.2) is 8.78 Å². The fraction of sp³-hybridized carbons (Fsp3) is 0.0714. The maximum absolute atomic E-state index is 13.5. The lowest BCUT2D eigenvalue weighted by molar-refractivity contribution is 0.0946. The van der Waals surface area contributed by atoms with E-state index in [2.05, 4.69) is 21.2 Å². The zero-order chi connectivity index (χ0) is 14.7. The summed E-state index contributed by atoms with van der Waals surface area (Å²) in [5, 5.41) is 1.98. The van der Waals surface area contributed by atoms with E-state index in [1.54, 1.807) is 12.1 Å². The minimum absolute atomic E-state index is 0.193. The molecule has 2 rings (SSSR count). The molecule has 0 fully saturated rings. The van der Waals surface area contributed by atoms with E-state index in [0.717, 1.165) is 22.2 Å². The van der Waals surface area contributed by atoms with Crippen molar-refractivity contribution in [3.63, 3.8) is 0 Å². The standard InChI is InChI=1S/C14H9BrClF2NO/c15-9-3-1-8(2-4-9)7-19-14(20)12-10(17)5-6-11(18)13(12)16/h1-6H,7H2,(H,19,20). The quantitative estimate of drug-likeness (QED) is 0.812. The summed E-state index contributed by atoms with van der Waals surface area (Å²) in [6.45, 7) is 0.193. The van der Waals surface area contributed by atoms with Crippen molar-refractivity contribution in [2.24, 2.45) is 0 Å². The molecule has 6 heteroatoms. The lowest BCUT2D eigenvalue weighted by atomic mass is 10.1. The SMILES string of the molecule is O=C(NCc1ccc(Br)cc1)c1c(F)ccc(F)c1Cl. The van der Waals surface area contributed by atoms with Crippen LogP contribution in [0.25, 0.3) is 0 Å². The molecule has 104 valence electrons. The molecule has 0 aliphatic carbocycles. The molecule has 0 heterocycles. The summed E-state index contributed by atoms with van der Waals surface area (Å²) < 4.78 is 27.7. The van der Waals surface area contributed by atoms with Crippen molar-refractivity contribution in [2.75, 3.05) is 0 Å². The molecule has 0 bridgehead atoms. The van der Waals surface area contributed by atoms with Crippen LogP contribution in [-0.2, 0) is 6.54 Å². The minimum Gasteiger partial charge on any atom is -0.348 e. The number of carbonyl (C=O) groups excluding carboxylic acids is 1. The molecule has 20 heavy (non-hydrogen) atoms. The summed E-state index contributed by atoms with van der Waals surface area (Å²) in [6, 6.07) is 8.98. The summed E-state index contributed by atoms with van der Waals surface area (Å²) in [4.78, 5) is 11.9. The number of halogens is 4. The van der Waals surface area contributed by atoms with Crippen LogP contribution in [0.4, 0.5) is 8.78 Å². The number of hydrogen-bond donors (Lipinski definition) is 1. The van der Waals surface area contributed by atoms with Gasteiger partial charge in [-0.05, 0) is 29.8 Å². The second kappa shape index (κ2) is 6.33. The van der Waals surface area contributed by atoms with E-state index in [1.807, 2.05) is 12.1 Å². The third-order valence-electron chi connectivity index (χ3n) is 2.64. The zero-order valence-electron chi connectivity index (χ0n) is 10.1. The van der Waals surface area contributed by atoms with Crippen molar-refractivity contribution in [1.29, 1.82) is 0 Å². The van der Waals surface area contributed by atoms with E-state index in [0.29, 0.717) is 0 Å². The highest BCUT2D eigenvalue weighted by Gasteiger charge is 2.18. The fourth-order valence-electron chi connectivity index (χ4n) is 1.61. The molecule has 0 radical (unpaired) electrons. The van der Waals surface area contributed by atoms with Crippen LogP contribution >= 0.6 is 27.5 Å². The first kappa shape index (κ1) is 14.9. The lowest BCUT2D eigenvalue weighted by Gasteiger charge is -2.08. The van der Waals surface area contributed by atoms with Gasteiger partial charge >= 0.3 is 0 Å². The van der Waals surface area contributed by atoms with Crippen molar-refractivity contribution in [1.82, 2.24) is 5.32 Å². The Morgan fingerprint density at radius 1 is 1.10 bits per heavy atom. The van der Waals surface area contributed by atoms with Gasteiger partial charge in [0.15, 0.2) is 0 Å². The fourth-order valence-corrected chi connectivity index (χ4v) is 2.11. The third kappa shape index (κ3) is 3.35. The topological polar surface area (TPSA) is 29.1 Å². The average molecular weight is 361 g/mol. The van der Waals surface area contributed by atoms with Gasteiger partial charge in [0.25, 0.3) is 5.91 Å². The second-order valence-corrected chi connectivity index (χ2v) is 5.32. The van der Waals surface area contributed by atoms with Gasteiger partial charge in [-0.2, -0.15) is 0 Å². The summed E-state index contributed by atoms with van der Waals surface area (Å²) in [7, 11) is 0. The van der Waals surface area contributed by atoms with Crippen molar-refractivity contribution in [3.8, 4) is 0 Å². The smallest absolute Gasteiger partial charge is 0.256 e. The van der Waals surface area contributed by atoms with Crippen LogP contribution in [0, 0.1) is 11.6 Å². The summed E-state index contributed by atoms with van der Waals surface area (Å²) in [6.07, 6.45) is 0. The molecule has 1 amide bonds. The highest BCUT2D eigenvalue weighted by Crippen LogP contribution is 2.22. The first-order valence-electron chi connectivity index (χ1n) is 5.65. The van der Waals surface area contributed by atoms with Crippen LogP contribution in [-0.4, -0.2) is 5.91 Å². The molecule has 1 N–H and O–H groups in total. The summed E-state index contributed by atoms with van der Waals surface area (Å²) >= 11 is 8.91. The number of hydrogen-bond acceptors (Lipinski definition) is 1. The lowest BCUT2D eigenvalue weighted by Crippen LogP contribution is -2.24. The zero-order valence-corrected chi connectivity index (χ0v) is 12.4. The monoisotopic (exact) mass is 359 g/mol. The van der Waals surface area contributed by atoms with Crippen LogP contribution in [0.2, 0.25) is 5.02 Å². The molecule has 0 spiro atoms. The van der Waals surface area contributed by atoms with Gasteiger partial charge in [-0.1, -0.05) is 39.7 Å². The molecule has 0 aliphatic heterocycles. The Labute approximate surface area is 127 Å². The number of amides is 1. The molecule has 2 aromatic rings. The number of carbonyl (C=O) groups is 1. The Morgan fingerprint density at radius 2 is 1.70 bits per heavy atom. The van der Waals surface area contributed by atoms with Gasteiger partial charge in [0, 0.05) is 11.0 Å². The van der Waals surface area contributed by atoms with Crippen LogP contribution in [0.5, 0.6) is 0 Å². The van der Waals surface area contributed by atoms with E-state index in [1.165, 1.54) is 0 Å². The van der Waals surface area contributed by atoms with E-state index >= 15 is 0 Å². The first-order valence-corrected chi connectivity index (χ1v) is 6.82. The largest absolute Gasteiger partial charge is 0.348 e. The molecule has 0 aromatic heterocycles. The highest BCUT2D eigenvalue weighted by molar-refractivity contribution is 9.10. The Balaban J connectivity index is 2.13. The van der Waals surface area contributed by atoms with Crippen molar-refractivity contribution in [3.05, 3.63) is 68.7 Å². The molecular formula is C14H9BrClF2NO. The number of benzene rings is 2. The molecule has 0 unspecified atom stereocenters. The Morgan fingerprint density at radius 3 is 2.35 bits per heavy atom. The van der Waals surface area contributed by atoms with Gasteiger partial charge in [0.2, 0.25) is 0 Å². The van der Waals surface area contributed by atoms with E-state index in [9.17, 15) is 13.6 Å². The Kier molecular flexibility index (Phi) is 4.73. The summed E-state index contributed by atoms with van der Waals surface area (Å²) in [5.41, 5.74) is 0.346. The van der Waals surface area contributed by atoms with Gasteiger partial charge in [0.05, 0.1) is 10.6 Å². The first-order chi connectivity index (χ1) is 9.49. The Hall–Kier alpha value is -1.46. The van der Waals surface area contributed by atoms with Crippen molar-refractivity contribution in [2.45, 2.75) is 6.54 Å². The molecule has 0 saturated heterocycles. The van der Waals surface area contributed by atoms with E-state index < -0.39 is 28.1 Å². The molecule has 0 saturated carbocycles. The predicted molar refractivity (Wildman–Crippen MR) is 76.7 cm³/mol. The molecule has 0 aliphatic rings. The van der Waals surface area contributed by atoms with Crippen LogP contribution < -0.4 is 5.32 Å². The van der Waals surface area contributed by atoms with Crippen LogP contribution in [0.1, 0.15) is 15.9 Å².